The van der Waals surface area contributed by atoms with E-state index in [-0.39, 0.29) is 18.2 Å². The van der Waals surface area contributed by atoms with Crippen LogP contribution in [0.3, 0.4) is 0 Å². The van der Waals surface area contributed by atoms with Crippen LogP contribution in [0.25, 0.3) is 0 Å². The minimum atomic E-state index is -4.27. The summed E-state index contributed by atoms with van der Waals surface area (Å²) >= 11 is 0. The normalized spacial score (nSPS) is 11.4. The van der Waals surface area contributed by atoms with Crippen molar-refractivity contribution in [2.45, 2.75) is 26.4 Å². The molecule has 1 aromatic rings. The number of hydrogen-bond donors (Lipinski definition) is 1. The van der Waals surface area contributed by atoms with Crippen molar-refractivity contribution in [1.82, 2.24) is 4.98 Å². The number of nitrogens with two attached hydrogens (primary N) is 1. The largest absolute Gasteiger partial charge is 0.476 e. The summed E-state index contributed by atoms with van der Waals surface area (Å²) in [6.07, 6.45) is -3.51. The summed E-state index contributed by atoms with van der Waals surface area (Å²) < 4.78 is 42.6. The molecule has 1 heterocycles. The molecule has 0 radical (unpaired) electrons. The van der Waals surface area contributed by atoms with Crippen molar-refractivity contribution in [3.63, 3.8) is 0 Å². The van der Waals surface area contributed by atoms with E-state index in [1.54, 1.807) is 6.92 Å². The maximum atomic E-state index is 12.4. The number of ether oxygens (including phenoxy) is 1. The molecule has 19 heavy (non-hydrogen) atoms. The van der Waals surface area contributed by atoms with Crippen LogP contribution in [-0.4, -0.2) is 30.9 Å². The third kappa shape index (κ3) is 4.84. The van der Waals surface area contributed by atoms with Gasteiger partial charge in [-0.2, -0.15) is 18.2 Å². The molecule has 108 valence electrons. The van der Waals surface area contributed by atoms with Gasteiger partial charge in [-0.15, -0.1) is 0 Å². The van der Waals surface area contributed by atoms with Gasteiger partial charge in [-0.05, 0) is 25.5 Å². The molecule has 0 saturated heterocycles. The van der Waals surface area contributed by atoms with E-state index in [1.165, 1.54) is 12.1 Å². The number of rotatable bonds is 6. The van der Waals surface area contributed by atoms with Crippen molar-refractivity contribution in [1.29, 1.82) is 0 Å². The lowest BCUT2D eigenvalue weighted by atomic mass is 10.3. The SMILES string of the molecule is CCCOc1nc(N(CC)CC(F)(F)F)ccc1N. The van der Waals surface area contributed by atoms with E-state index in [1.807, 2.05) is 6.92 Å². The van der Waals surface area contributed by atoms with Gasteiger partial charge in [-0.25, -0.2) is 0 Å². The van der Waals surface area contributed by atoms with Crippen molar-refractivity contribution in [2.24, 2.45) is 0 Å². The number of anilines is 2. The first-order valence-corrected chi connectivity index (χ1v) is 6.08. The summed E-state index contributed by atoms with van der Waals surface area (Å²) in [4.78, 5) is 5.17. The first kappa shape index (κ1) is 15.4. The molecule has 1 aromatic heterocycles. The predicted octanol–water partition coefficient (Wildman–Crippen LogP) is 2.84. The minimum Gasteiger partial charge on any atom is -0.476 e. The van der Waals surface area contributed by atoms with Crippen LogP contribution in [-0.2, 0) is 0 Å². The van der Waals surface area contributed by atoms with Crippen LogP contribution in [0.5, 0.6) is 5.88 Å². The third-order valence-electron chi connectivity index (χ3n) is 2.39. The summed E-state index contributed by atoms with van der Waals surface area (Å²) in [6.45, 7) is 3.13. The molecule has 0 spiro atoms. The lowest BCUT2D eigenvalue weighted by molar-refractivity contribution is -0.119. The molecule has 0 bridgehead atoms. The second kappa shape index (κ2) is 6.49. The Hall–Kier alpha value is -1.66. The van der Waals surface area contributed by atoms with E-state index < -0.39 is 12.7 Å². The quantitative estimate of drug-likeness (QED) is 0.868. The second-order valence-electron chi connectivity index (χ2n) is 4.04. The van der Waals surface area contributed by atoms with Gasteiger partial charge < -0.3 is 15.4 Å². The average molecular weight is 277 g/mol. The van der Waals surface area contributed by atoms with Crippen LogP contribution >= 0.6 is 0 Å². The molecule has 0 fully saturated rings. The standard InChI is InChI=1S/C12H18F3N3O/c1-3-7-19-11-9(16)5-6-10(17-11)18(4-2)8-12(13,14)15/h5-6H,3-4,7-8,16H2,1-2H3. The zero-order valence-corrected chi connectivity index (χ0v) is 11.0. The molecular formula is C12H18F3N3O. The number of halogens is 3. The maximum Gasteiger partial charge on any atom is 0.405 e. The molecule has 0 unspecified atom stereocenters. The van der Waals surface area contributed by atoms with Gasteiger partial charge in [0.25, 0.3) is 0 Å². The Morgan fingerprint density at radius 1 is 1.32 bits per heavy atom. The molecule has 7 heteroatoms. The topological polar surface area (TPSA) is 51.4 Å². The number of alkyl halides is 3. The lowest BCUT2D eigenvalue weighted by Crippen LogP contribution is -2.34. The van der Waals surface area contributed by atoms with Crippen LogP contribution in [0, 0.1) is 0 Å². The van der Waals surface area contributed by atoms with E-state index in [4.69, 9.17) is 10.5 Å². The Bertz CT molecular complexity index is 410. The van der Waals surface area contributed by atoms with E-state index in [0.29, 0.717) is 12.3 Å². The lowest BCUT2D eigenvalue weighted by Gasteiger charge is -2.23. The van der Waals surface area contributed by atoms with Gasteiger partial charge in [0, 0.05) is 6.54 Å². The number of hydrogen-bond acceptors (Lipinski definition) is 4. The summed E-state index contributed by atoms with van der Waals surface area (Å²) in [7, 11) is 0. The molecule has 0 amide bonds. The Morgan fingerprint density at radius 2 is 2.00 bits per heavy atom. The van der Waals surface area contributed by atoms with Gasteiger partial charge in [0.15, 0.2) is 0 Å². The van der Waals surface area contributed by atoms with Crippen molar-refractivity contribution in [3.8, 4) is 5.88 Å². The highest BCUT2D eigenvalue weighted by molar-refractivity contribution is 5.54. The molecule has 1 rings (SSSR count). The van der Waals surface area contributed by atoms with E-state index in [0.717, 1.165) is 11.3 Å². The fourth-order valence-electron chi connectivity index (χ4n) is 1.50. The molecule has 0 aliphatic heterocycles. The van der Waals surface area contributed by atoms with E-state index in [9.17, 15) is 13.2 Å². The van der Waals surface area contributed by atoms with E-state index >= 15 is 0 Å². The predicted molar refractivity (Wildman–Crippen MR) is 68.4 cm³/mol. The average Bonchev–Trinajstić information content (AvgIpc) is 2.34. The van der Waals surface area contributed by atoms with Crippen molar-refractivity contribution in [2.75, 3.05) is 30.3 Å². The summed E-state index contributed by atoms with van der Waals surface area (Å²) in [5.41, 5.74) is 5.99. The van der Waals surface area contributed by atoms with Gasteiger partial charge in [0.1, 0.15) is 12.4 Å². The van der Waals surface area contributed by atoms with Gasteiger partial charge in [0.2, 0.25) is 5.88 Å². The van der Waals surface area contributed by atoms with Gasteiger partial charge in [0.05, 0.1) is 12.3 Å². The zero-order chi connectivity index (χ0) is 14.5. The number of nitrogens with zero attached hydrogens (tertiary/aromatic N) is 2. The monoisotopic (exact) mass is 277 g/mol. The van der Waals surface area contributed by atoms with Crippen LogP contribution in [0.1, 0.15) is 20.3 Å². The molecule has 4 nitrogen and oxygen atoms in total. The fourth-order valence-corrected chi connectivity index (χ4v) is 1.50. The number of aromatic nitrogens is 1. The van der Waals surface area contributed by atoms with Crippen LogP contribution in [0.2, 0.25) is 0 Å². The highest BCUT2D eigenvalue weighted by Gasteiger charge is 2.31. The Labute approximate surface area is 110 Å². The molecule has 0 atom stereocenters. The van der Waals surface area contributed by atoms with Crippen molar-refractivity contribution < 1.29 is 17.9 Å². The molecular weight excluding hydrogens is 259 g/mol. The molecule has 0 aliphatic rings. The highest BCUT2D eigenvalue weighted by Crippen LogP contribution is 2.25. The van der Waals surface area contributed by atoms with Crippen LogP contribution in [0.4, 0.5) is 24.7 Å². The first-order chi connectivity index (χ1) is 8.87. The van der Waals surface area contributed by atoms with Gasteiger partial charge >= 0.3 is 6.18 Å². The van der Waals surface area contributed by atoms with Gasteiger partial charge in [-0.1, -0.05) is 6.92 Å². The Balaban J connectivity index is 2.92. The summed E-state index contributed by atoms with van der Waals surface area (Å²) in [5, 5.41) is 0. The Morgan fingerprint density at radius 3 is 2.53 bits per heavy atom. The van der Waals surface area contributed by atoms with Crippen molar-refractivity contribution in [3.05, 3.63) is 12.1 Å². The van der Waals surface area contributed by atoms with Gasteiger partial charge in [-0.3, -0.25) is 0 Å². The highest BCUT2D eigenvalue weighted by atomic mass is 19.4. The smallest absolute Gasteiger partial charge is 0.405 e. The maximum absolute atomic E-state index is 12.4. The number of pyridine rings is 1. The van der Waals surface area contributed by atoms with Crippen LogP contribution < -0.4 is 15.4 Å². The fraction of sp³-hybridized carbons (Fsp3) is 0.583. The summed E-state index contributed by atoms with van der Waals surface area (Å²) in [5.74, 6) is 0.389. The molecule has 0 aromatic carbocycles. The van der Waals surface area contributed by atoms with Crippen LogP contribution in [0.15, 0.2) is 12.1 Å². The number of nitrogen functional groups attached to an aromatic ring is 1. The zero-order valence-electron chi connectivity index (χ0n) is 11.0. The van der Waals surface area contributed by atoms with Crippen molar-refractivity contribution >= 4 is 11.5 Å². The third-order valence-corrected chi connectivity index (χ3v) is 2.39. The minimum absolute atomic E-state index is 0.181. The molecule has 2 N–H and O–H groups in total. The van der Waals surface area contributed by atoms with E-state index in [2.05, 4.69) is 4.98 Å². The second-order valence-corrected chi connectivity index (χ2v) is 4.04. The molecule has 0 aliphatic carbocycles. The molecule has 0 saturated carbocycles. The first-order valence-electron chi connectivity index (χ1n) is 6.08. The Kier molecular flexibility index (Phi) is 5.26. The summed E-state index contributed by atoms with van der Waals surface area (Å²) in [6, 6.07) is 2.97.